The monoisotopic (exact) mass is 427 g/mol. The minimum absolute atomic E-state index is 0.0550. The summed E-state index contributed by atoms with van der Waals surface area (Å²) in [7, 11) is 0. The summed E-state index contributed by atoms with van der Waals surface area (Å²) < 4.78 is 7.78. The minimum atomic E-state index is 0.0550. The molecule has 0 saturated heterocycles. The van der Waals surface area contributed by atoms with Crippen molar-refractivity contribution in [1.82, 2.24) is 4.40 Å². The Balaban J connectivity index is 1.68. The molecule has 0 unspecified atom stereocenters. The first kappa shape index (κ1) is 19.7. The molecule has 3 aromatic rings. The van der Waals surface area contributed by atoms with E-state index in [1.807, 2.05) is 53.1 Å². The van der Waals surface area contributed by atoms with Gasteiger partial charge in [0.15, 0.2) is 0 Å². The molecule has 0 bridgehead atoms. The van der Waals surface area contributed by atoms with Crippen LogP contribution in [0.4, 0.5) is 0 Å². The SMILES string of the molecule is CCc1cc2ccccn2c1C(=O)c1ccc(OCCCCCCBr)cc1. The van der Waals surface area contributed by atoms with Crippen LogP contribution in [-0.4, -0.2) is 22.1 Å². The Bertz CT molecular complexity index is 883. The summed E-state index contributed by atoms with van der Waals surface area (Å²) in [6.07, 6.45) is 7.47. The molecule has 1 aromatic carbocycles. The zero-order chi connectivity index (χ0) is 19.1. The van der Waals surface area contributed by atoms with Crippen molar-refractivity contribution in [1.29, 1.82) is 0 Å². The molecule has 0 spiro atoms. The van der Waals surface area contributed by atoms with E-state index >= 15 is 0 Å². The van der Waals surface area contributed by atoms with Crippen molar-refractivity contribution in [3.05, 3.63) is 71.5 Å². The zero-order valence-corrected chi connectivity index (χ0v) is 17.4. The van der Waals surface area contributed by atoms with Gasteiger partial charge in [-0.15, -0.1) is 0 Å². The summed E-state index contributed by atoms with van der Waals surface area (Å²) in [5.74, 6) is 0.877. The van der Waals surface area contributed by atoms with Crippen LogP contribution >= 0.6 is 15.9 Å². The number of hydrogen-bond acceptors (Lipinski definition) is 2. The third kappa shape index (κ3) is 4.81. The first-order valence-corrected chi connectivity index (χ1v) is 10.8. The number of pyridine rings is 1. The smallest absolute Gasteiger partial charge is 0.210 e. The highest BCUT2D eigenvalue weighted by Gasteiger charge is 2.18. The lowest BCUT2D eigenvalue weighted by Crippen LogP contribution is -2.08. The molecule has 0 N–H and O–H groups in total. The average Bonchev–Trinajstić information content (AvgIpc) is 3.09. The van der Waals surface area contributed by atoms with Crippen LogP contribution in [0.5, 0.6) is 5.75 Å². The van der Waals surface area contributed by atoms with Gasteiger partial charge in [-0.3, -0.25) is 4.79 Å². The van der Waals surface area contributed by atoms with Crippen molar-refractivity contribution >= 4 is 27.2 Å². The normalized spacial score (nSPS) is 11.0. The minimum Gasteiger partial charge on any atom is -0.494 e. The molecule has 0 aliphatic carbocycles. The second kappa shape index (κ2) is 9.75. The Kier molecular flexibility index (Phi) is 7.11. The topological polar surface area (TPSA) is 30.7 Å². The van der Waals surface area contributed by atoms with Gasteiger partial charge in [0.1, 0.15) is 5.75 Å². The van der Waals surface area contributed by atoms with Crippen LogP contribution in [0.3, 0.4) is 0 Å². The van der Waals surface area contributed by atoms with Gasteiger partial charge in [-0.25, -0.2) is 0 Å². The summed E-state index contributed by atoms with van der Waals surface area (Å²) in [5.41, 5.74) is 3.58. The van der Waals surface area contributed by atoms with Gasteiger partial charge in [0.2, 0.25) is 5.78 Å². The van der Waals surface area contributed by atoms with E-state index in [1.165, 1.54) is 19.3 Å². The number of carbonyl (C=O) groups is 1. The molecule has 0 atom stereocenters. The third-order valence-corrected chi connectivity index (χ3v) is 5.33. The van der Waals surface area contributed by atoms with Crippen LogP contribution < -0.4 is 4.74 Å². The summed E-state index contributed by atoms with van der Waals surface area (Å²) in [6.45, 7) is 2.80. The predicted molar refractivity (Wildman–Crippen MR) is 114 cm³/mol. The maximum absolute atomic E-state index is 13.1. The molecule has 3 rings (SSSR count). The molecule has 0 amide bonds. The fourth-order valence-corrected chi connectivity index (χ4v) is 3.68. The van der Waals surface area contributed by atoms with Gasteiger partial charge < -0.3 is 9.14 Å². The van der Waals surface area contributed by atoms with E-state index < -0.39 is 0 Å². The fraction of sp³-hybridized carbons (Fsp3) is 0.348. The molecule has 0 saturated carbocycles. The van der Waals surface area contributed by atoms with Crippen molar-refractivity contribution in [2.45, 2.75) is 39.0 Å². The van der Waals surface area contributed by atoms with Gasteiger partial charge in [0.05, 0.1) is 12.3 Å². The molecule has 0 fully saturated rings. The lowest BCUT2D eigenvalue weighted by molar-refractivity contribution is 0.103. The Morgan fingerprint density at radius 3 is 2.56 bits per heavy atom. The van der Waals surface area contributed by atoms with Gasteiger partial charge in [-0.1, -0.05) is 41.8 Å². The van der Waals surface area contributed by atoms with Gasteiger partial charge in [-0.05, 0) is 67.3 Å². The van der Waals surface area contributed by atoms with Crippen LogP contribution in [0, 0.1) is 0 Å². The molecule has 2 aromatic heterocycles. The van der Waals surface area contributed by atoms with Crippen LogP contribution in [0.2, 0.25) is 0 Å². The summed E-state index contributed by atoms with van der Waals surface area (Å²) in [4.78, 5) is 13.1. The Labute approximate surface area is 169 Å². The third-order valence-electron chi connectivity index (χ3n) is 4.77. The van der Waals surface area contributed by atoms with E-state index in [1.54, 1.807) is 0 Å². The molecular weight excluding hydrogens is 402 g/mol. The number of benzene rings is 1. The van der Waals surface area contributed by atoms with Crippen molar-refractivity contribution in [2.24, 2.45) is 0 Å². The molecule has 3 nitrogen and oxygen atoms in total. The highest BCUT2D eigenvalue weighted by Crippen LogP contribution is 2.22. The fourth-order valence-electron chi connectivity index (χ4n) is 3.28. The Hall–Kier alpha value is -2.07. The van der Waals surface area contributed by atoms with E-state index in [9.17, 15) is 4.79 Å². The van der Waals surface area contributed by atoms with E-state index in [-0.39, 0.29) is 5.78 Å². The molecule has 4 heteroatoms. The number of ether oxygens (including phenoxy) is 1. The molecule has 2 heterocycles. The van der Waals surface area contributed by atoms with Crippen molar-refractivity contribution in [2.75, 3.05) is 11.9 Å². The van der Waals surface area contributed by atoms with E-state index in [0.29, 0.717) is 5.56 Å². The second-order valence-corrected chi connectivity index (χ2v) is 7.47. The number of nitrogens with zero attached hydrogens (tertiary/aromatic N) is 1. The van der Waals surface area contributed by atoms with E-state index in [4.69, 9.17) is 4.74 Å². The second-order valence-electron chi connectivity index (χ2n) is 6.67. The van der Waals surface area contributed by atoms with Gasteiger partial charge in [-0.2, -0.15) is 0 Å². The Morgan fingerprint density at radius 1 is 1.04 bits per heavy atom. The van der Waals surface area contributed by atoms with E-state index in [0.717, 1.165) is 47.3 Å². The van der Waals surface area contributed by atoms with Crippen molar-refractivity contribution < 1.29 is 9.53 Å². The molecule has 0 aliphatic heterocycles. The largest absolute Gasteiger partial charge is 0.494 e. The average molecular weight is 428 g/mol. The van der Waals surface area contributed by atoms with Gasteiger partial charge >= 0.3 is 0 Å². The lowest BCUT2D eigenvalue weighted by Gasteiger charge is -2.08. The van der Waals surface area contributed by atoms with Gasteiger partial charge in [0.25, 0.3) is 0 Å². The number of aryl methyl sites for hydroxylation is 1. The Morgan fingerprint density at radius 2 is 1.81 bits per heavy atom. The first-order chi connectivity index (χ1) is 13.2. The van der Waals surface area contributed by atoms with Crippen LogP contribution in [0.15, 0.2) is 54.7 Å². The van der Waals surface area contributed by atoms with Crippen molar-refractivity contribution in [3.8, 4) is 5.75 Å². The number of halogens is 1. The molecule has 27 heavy (non-hydrogen) atoms. The van der Waals surface area contributed by atoms with Crippen LogP contribution in [0.1, 0.15) is 54.2 Å². The molecule has 0 aliphatic rings. The summed E-state index contributed by atoms with van der Waals surface area (Å²) in [6, 6.07) is 15.6. The number of ketones is 1. The number of carbonyl (C=O) groups excluding carboxylic acids is 1. The summed E-state index contributed by atoms with van der Waals surface area (Å²) >= 11 is 3.45. The maximum atomic E-state index is 13.1. The number of unbranched alkanes of at least 4 members (excludes halogenated alkanes) is 3. The number of hydrogen-bond donors (Lipinski definition) is 0. The lowest BCUT2D eigenvalue weighted by atomic mass is 10.0. The van der Waals surface area contributed by atoms with Crippen LogP contribution in [0.25, 0.3) is 5.52 Å². The molecule has 0 radical (unpaired) electrons. The standard InChI is InChI=1S/C23H26BrNO2/c1-2-18-17-20-9-5-7-15-25(20)22(18)23(26)19-10-12-21(13-11-19)27-16-8-4-3-6-14-24/h5,7,9-13,15,17H,2-4,6,8,14,16H2,1H3. The van der Waals surface area contributed by atoms with Gasteiger partial charge in [0, 0.05) is 22.6 Å². The number of fused-ring (bicyclic) bond motifs is 1. The highest BCUT2D eigenvalue weighted by molar-refractivity contribution is 9.09. The van der Waals surface area contributed by atoms with E-state index in [2.05, 4.69) is 28.9 Å². The zero-order valence-electron chi connectivity index (χ0n) is 15.8. The first-order valence-electron chi connectivity index (χ1n) is 9.67. The maximum Gasteiger partial charge on any atom is 0.210 e. The van der Waals surface area contributed by atoms with Crippen LogP contribution in [-0.2, 0) is 6.42 Å². The number of aromatic nitrogens is 1. The van der Waals surface area contributed by atoms with Crippen molar-refractivity contribution in [3.63, 3.8) is 0 Å². The molecular formula is C23H26BrNO2. The molecule has 142 valence electrons. The highest BCUT2D eigenvalue weighted by atomic mass is 79.9. The summed E-state index contributed by atoms with van der Waals surface area (Å²) in [5, 5.41) is 1.07. The number of alkyl halides is 1. The quantitative estimate of drug-likeness (QED) is 0.223. The number of rotatable bonds is 10. The predicted octanol–water partition coefficient (Wildman–Crippen LogP) is 6.07.